The molecule has 3 rings (SSSR count). The zero-order chi connectivity index (χ0) is 21.0. The summed E-state index contributed by atoms with van der Waals surface area (Å²) >= 11 is 3.15. The highest BCUT2D eigenvalue weighted by Gasteiger charge is 2.33. The molecule has 0 bridgehead atoms. The van der Waals surface area contributed by atoms with Gasteiger partial charge in [0.15, 0.2) is 0 Å². The number of nitrogens with one attached hydrogen (secondary N) is 2. The average Bonchev–Trinajstić information content (AvgIpc) is 3.38. The molecule has 2 aromatic rings. The highest BCUT2D eigenvalue weighted by atomic mass is 79.9. The first-order valence-electron chi connectivity index (χ1n) is 9.57. The fraction of sp³-hybridized carbons (Fsp3) is 0.450. The van der Waals surface area contributed by atoms with Crippen molar-refractivity contribution in [2.24, 2.45) is 0 Å². The van der Waals surface area contributed by atoms with Crippen LogP contribution in [0.5, 0.6) is 0 Å². The summed E-state index contributed by atoms with van der Waals surface area (Å²) in [5.41, 5.74) is 1.39. The predicted octanol–water partition coefficient (Wildman–Crippen LogP) is 4.17. The molecule has 9 heteroatoms. The predicted molar refractivity (Wildman–Crippen MR) is 110 cm³/mol. The Hall–Kier alpha value is -2.42. The molecular formula is C20H24BrFN4O3. The van der Waals surface area contributed by atoms with Gasteiger partial charge in [-0.3, -0.25) is 4.79 Å². The second-order valence-electron chi connectivity index (χ2n) is 7.00. The minimum absolute atomic E-state index is 0.0385. The van der Waals surface area contributed by atoms with E-state index in [0.717, 1.165) is 12.8 Å². The van der Waals surface area contributed by atoms with Crippen molar-refractivity contribution in [1.29, 1.82) is 0 Å². The number of ether oxygens (including phenoxy) is 1. The number of carbonyl (C=O) groups is 2. The van der Waals surface area contributed by atoms with Gasteiger partial charge in [0.05, 0.1) is 29.5 Å². The molecule has 1 aliphatic heterocycles. The van der Waals surface area contributed by atoms with Crippen LogP contribution in [-0.2, 0) is 9.53 Å². The van der Waals surface area contributed by atoms with Gasteiger partial charge in [0.1, 0.15) is 11.6 Å². The number of H-pyrrole nitrogens is 1. The maximum Gasteiger partial charge on any atom is 0.407 e. The Kier molecular flexibility index (Phi) is 6.89. The number of imidazole rings is 1. The number of alkyl carbamates (subject to hydrolysis) is 1. The molecule has 0 saturated carbocycles. The van der Waals surface area contributed by atoms with Gasteiger partial charge in [-0.25, -0.2) is 14.2 Å². The van der Waals surface area contributed by atoms with Crippen LogP contribution in [0.15, 0.2) is 28.9 Å². The van der Waals surface area contributed by atoms with E-state index >= 15 is 0 Å². The van der Waals surface area contributed by atoms with Crippen LogP contribution in [-0.4, -0.2) is 46.6 Å². The van der Waals surface area contributed by atoms with E-state index in [2.05, 4.69) is 36.0 Å². The van der Waals surface area contributed by atoms with Crippen molar-refractivity contribution < 1.29 is 18.7 Å². The summed E-state index contributed by atoms with van der Waals surface area (Å²) in [5, 5.41) is 2.69. The van der Waals surface area contributed by atoms with E-state index in [0.29, 0.717) is 34.5 Å². The second-order valence-corrected chi connectivity index (χ2v) is 7.86. The standard InChI is InChI=1S/C20H24BrFN4O3/c1-3-13(24-20(28)29-2)10-18(27)26-8-4-5-17(26)19-23-11-16(25-19)12-6-7-14(21)15(22)9-12/h6-7,9,11,13,17H,3-5,8,10H2,1-2H3,(H,23,25)(H,24,28)/t13-,17-/m0/s1. The minimum Gasteiger partial charge on any atom is -0.453 e. The molecule has 2 heterocycles. The number of rotatable bonds is 6. The number of hydrogen-bond acceptors (Lipinski definition) is 4. The lowest BCUT2D eigenvalue weighted by atomic mass is 10.1. The Bertz CT molecular complexity index is 888. The number of methoxy groups -OCH3 is 1. The van der Waals surface area contributed by atoms with E-state index in [4.69, 9.17) is 0 Å². The molecule has 0 unspecified atom stereocenters. The molecule has 156 valence electrons. The number of aromatic amines is 1. The Labute approximate surface area is 177 Å². The van der Waals surface area contributed by atoms with Crippen LogP contribution in [0, 0.1) is 5.82 Å². The quantitative estimate of drug-likeness (QED) is 0.668. The lowest BCUT2D eigenvalue weighted by Crippen LogP contribution is -2.40. The van der Waals surface area contributed by atoms with Crippen molar-refractivity contribution in [3.8, 4) is 11.3 Å². The first kappa shape index (κ1) is 21.3. The van der Waals surface area contributed by atoms with E-state index in [-0.39, 0.29) is 30.2 Å². The van der Waals surface area contributed by atoms with Gasteiger partial charge in [-0.15, -0.1) is 0 Å². The zero-order valence-corrected chi connectivity index (χ0v) is 18.0. The molecule has 7 nitrogen and oxygen atoms in total. The molecule has 0 aliphatic carbocycles. The molecule has 1 aromatic carbocycles. The summed E-state index contributed by atoms with van der Waals surface area (Å²) in [6, 6.07) is 4.44. The van der Waals surface area contributed by atoms with Crippen LogP contribution >= 0.6 is 15.9 Å². The van der Waals surface area contributed by atoms with Gasteiger partial charge in [0, 0.05) is 24.6 Å². The molecule has 1 aromatic heterocycles. The molecular weight excluding hydrogens is 443 g/mol. The minimum atomic E-state index is -0.542. The molecule has 1 fully saturated rings. The van der Waals surface area contributed by atoms with Crippen LogP contribution in [0.25, 0.3) is 11.3 Å². The lowest BCUT2D eigenvalue weighted by molar-refractivity contribution is -0.132. The van der Waals surface area contributed by atoms with Crippen molar-refractivity contribution >= 4 is 27.9 Å². The summed E-state index contributed by atoms with van der Waals surface area (Å²) in [6.07, 6.45) is 3.62. The average molecular weight is 467 g/mol. The highest BCUT2D eigenvalue weighted by molar-refractivity contribution is 9.10. The summed E-state index contributed by atoms with van der Waals surface area (Å²) in [6.45, 7) is 2.55. The van der Waals surface area contributed by atoms with Crippen LogP contribution in [0.2, 0.25) is 0 Å². The Morgan fingerprint density at radius 3 is 2.97 bits per heavy atom. The number of hydrogen-bond donors (Lipinski definition) is 2. The SMILES string of the molecule is CC[C@@H](CC(=O)N1CCC[C@H]1c1ncc(-c2ccc(Br)c(F)c2)[nH]1)NC(=O)OC. The molecule has 1 aliphatic rings. The molecule has 2 amide bonds. The van der Waals surface area contributed by atoms with E-state index in [9.17, 15) is 14.0 Å². The normalized spacial score (nSPS) is 17.2. The van der Waals surface area contributed by atoms with E-state index in [1.165, 1.54) is 13.2 Å². The summed E-state index contributed by atoms with van der Waals surface area (Å²) in [5.74, 6) is 0.298. The summed E-state index contributed by atoms with van der Waals surface area (Å²) in [4.78, 5) is 33.8. The fourth-order valence-electron chi connectivity index (χ4n) is 3.52. The molecule has 0 radical (unpaired) electrons. The fourth-order valence-corrected chi connectivity index (χ4v) is 3.76. The van der Waals surface area contributed by atoms with Crippen molar-refractivity contribution in [2.45, 2.75) is 44.7 Å². The molecule has 29 heavy (non-hydrogen) atoms. The third-order valence-electron chi connectivity index (χ3n) is 5.14. The van der Waals surface area contributed by atoms with E-state index < -0.39 is 6.09 Å². The van der Waals surface area contributed by atoms with Crippen LogP contribution in [0.1, 0.15) is 44.5 Å². The number of amides is 2. The summed E-state index contributed by atoms with van der Waals surface area (Å²) in [7, 11) is 1.30. The smallest absolute Gasteiger partial charge is 0.407 e. The number of aromatic nitrogens is 2. The number of halogens is 2. The van der Waals surface area contributed by atoms with Gasteiger partial charge in [-0.2, -0.15) is 0 Å². The van der Waals surface area contributed by atoms with Gasteiger partial charge in [-0.1, -0.05) is 13.0 Å². The Balaban J connectivity index is 1.72. The van der Waals surface area contributed by atoms with Crippen molar-refractivity contribution in [3.63, 3.8) is 0 Å². The third kappa shape index (κ3) is 4.95. The van der Waals surface area contributed by atoms with Gasteiger partial charge >= 0.3 is 6.09 Å². The van der Waals surface area contributed by atoms with Crippen molar-refractivity contribution in [2.75, 3.05) is 13.7 Å². The van der Waals surface area contributed by atoms with E-state index in [1.54, 1.807) is 23.2 Å². The Morgan fingerprint density at radius 2 is 2.28 bits per heavy atom. The zero-order valence-electron chi connectivity index (χ0n) is 16.4. The van der Waals surface area contributed by atoms with Crippen molar-refractivity contribution in [1.82, 2.24) is 20.2 Å². The van der Waals surface area contributed by atoms with Crippen LogP contribution in [0.4, 0.5) is 9.18 Å². The first-order chi connectivity index (χ1) is 13.9. The molecule has 2 N–H and O–H groups in total. The number of nitrogens with zero attached hydrogens (tertiary/aromatic N) is 2. The van der Waals surface area contributed by atoms with Gasteiger partial charge in [-0.05, 0) is 47.3 Å². The van der Waals surface area contributed by atoms with Crippen LogP contribution < -0.4 is 5.32 Å². The van der Waals surface area contributed by atoms with Crippen LogP contribution in [0.3, 0.4) is 0 Å². The van der Waals surface area contributed by atoms with E-state index in [1.807, 2.05) is 6.92 Å². The van der Waals surface area contributed by atoms with Gasteiger partial charge in [0.25, 0.3) is 0 Å². The number of likely N-dealkylation sites (tertiary alicyclic amines) is 1. The Morgan fingerprint density at radius 1 is 1.48 bits per heavy atom. The third-order valence-corrected chi connectivity index (χ3v) is 5.78. The van der Waals surface area contributed by atoms with Gasteiger partial charge in [0.2, 0.25) is 5.91 Å². The maximum atomic E-state index is 13.8. The second kappa shape index (κ2) is 9.39. The maximum absolute atomic E-state index is 13.8. The summed E-state index contributed by atoms with van der Waals surface area (Å²) < 4.78 is 18.9. The number of benzene rings is 1. The molecule has 0 spiro atoms. The largest absolute Gasteiger partial charge is 0.453 e. The topological polar surface area (TPSA) is 87.3 Å². The highest BCUT2D eigenvalue weighted by Crippen LogP contribution is 2.32. The molecule has 1 saturated heterocycles. The number of carbonyl (C=O) groups excluding carboxylic acids is 2. The monoisotopic (exact) mass is 466 g/mol. The molecule has 2 atom stereocenters. The lowest BCUT2D eigenvalue weighted by Gasteiger charge is -2.25. The van der Waals surface area contributed by atoms with Crippen molar-refractivity contribution in [3.05, 3.63) is 40.5 Å². The van der Waals surface area contributed by atoms with Gasteiger partial charge < -0.3 is 19.9 Å². The first-order valence-corrected chi connectivity index (χ1v) is 10.4.